The number of nitrogens with zero attached hydrogens (tertiary/aromatic N) is 1. The van der Waals surface area contributed by atoms with Crippen molar-refractivity contribution >= 4 is 34.3 Å². The van der Waals surface area contributed by atoms with Crippen molar-refractivity contribution in [3.63, 3.8) is 0 Å². The van der Waals surface area contributed by atoms with Gasteiger partial charge in [0, 0.05) is 17.6 Å². The van der Waals surface area contributed by atoms with E-state index in [0.717, 1.165) is 17.7 Å². The smallest absolute Gasteiger partial charge is 0.351 e. The van der Waals surface area contributed by atoms with Crippen molar-refractivity contribution in [2.45, 2.75) is 45.4 Å². The van der Waals surface area contributed by atoms with E-state index in [1.807, 2.05) is 0 Å². The van der Waals surface area contributed by atoms with Crippen LogP contribution < -0.4 is 10.5 Å². The van der Waals surface area contributed by atoms with Crippen LogP contribution in [-0.2, 0) is 9.59 Å². The molecule has 4 rings (SSSR count). The summed E-state index contributed by atoms with van der Waals surface area (Å²) in [5, 5.41) is 10.7. The molecule has 1 aliphatic carbocycles. The lowest BCUT2D eigenvalue weighted by Gasteiger charge is -2.16. The molecule has 1 aromatic heterocycles. The van der Waals surface area contributed by atoms with Gasteiger partial charge in [0.05, 0.1) is 11.1 Å². The minimum Gasteiger partial charge on any atom is -0.506 e. The van der Waals surface area contributed by atoms with Gasteiger partial charge in [-0.25, -0.2) is 9.69 Å². The van der Waals surface area contributed by atoms with Gasteiger partial charge in [-0.1, -0.05) is 6.92 Å². The highest BCUT2D eigenvalue weighted by molar-refractivity contribution is 6.33. The van der Waals surface area contributed by atoms with Crippen LogP contribution in [0.15, 0.2) is 38.6 Å². The Morgan fingerprint density at radius 3 is 2.36 bits per heavy atom. The minimum absolute atomic E-state index is 0.0797. The van der Waals surface area contributed by atoms with E-state index in [1.165, 1.54) is 18.2 Å². The third kappa shape index (κ3) is 2.66. The molecule has 28 heavy (non-hydrogen) atoms. The number of carbonyl (C=O) groups is 3. The van der Waals surface area contributed by atoms with Crippen LogP contribution in [0.2, 0.25) is 0 Å². The summed E-state index contributed by atoms with van der Waals surface area (Å²) >= 11 is 0. The van der Waals surface area contributed by atoms with Crippen molar-refractivity contribution in [1.82, 2.24) is 0 Å². The van der Waals surface area contributed by atoms with Gasteiger partial charge >= 0.3 is 5.63 Å². The van der Waals surface area contributed by atoms with Crippen molar-refractivity contribution in [1.29, 1.82) is 0 Å². The Morgan fingerprint density at radius 2 is 1.75 bits per heavy atom. The van der Waals surface area contributed by atoms with Gasteiger partial charge < -0.3 is 9.52 Å². The number of anilines is 1. The normalized spacial score (nSPS) is 16.8. The Balaban J connectivity index is 1.82. The Bertz CT molecular complexity index is 1100. The molecular weight excluding hydrogens is 362 g/mol. The Morgan fingerprint density at radius 1 is 1.11 bits per heavy atom. The number of amides is 2. The number of hydrogen-bond donors (Lipinski definition) is 1. The van der Waals surface area contributed by atoms with Gasteiger partial charge in [-0.3, -0.25) is 14.4 Å². The van der Waals surface area contributed by atoms with E-state index in [1.54, 1.807) is 6.92 Å². The van der Waals surface area contributed by atoms with Crippen LogP contribution in [-0.4, -0.2) is 22.7 Å². The number of benzene rings is 1. The van der Waals surface area contributed by atoms with Crippen LogP contribution in [0, 0.1) is 0 Å². The maximum absolute atomic E-state index is 12.7. The summed E-state index contributed by atoms with van der Waals surface area (Å²) in [5.74, 6) is -1.69. The van der Waals surface area contributed by atoms with E-state index < -0.39 is 22.7 Å². The molecule has 2 aromatic rings. The maximum Gasteiger partial charge on any atom is 0.351 e. The number of aromatic hydroxyl groups is 1. The van der Waals surface area contributed by atoms with Gasteiger partial charge in [-0.15, -0.1) is 0 Å². The Kier molecular flexibility index (Phi) is 4.37. The summed E-state index contributed by atoms with van der Waals surface area (Å²) in [7, 11) is 0. The highest BCUT2D eigenvalue weighted by Crippen LogP contribution is 2.37. The second-order valence-electron chi connectivity index (χ2n) is 7.08. The SMILES string of the molecule is CCCC(=O)c1c(O)c2cc(N3C(=O)C4=C(CCCC4)C3=O)ccc2oc1=O. The molecule has 2 aliphatic rings. The van der Waals surface area contributed by atoms with Gasteiger partial charge in [0.1, 0.15) is 16.9 Å². The highest BCUT2D eigenvalue weighted by atomic mass is 16.4. The largest absolute Gasteiger partial charge is 0.506 e. The van der Waals surface area contributed by atoms with Gasteiger partial charge in [0.25, 0.3) is 11.8 Å². The second-order valence-corrected chi connectivity index (χ2v) is 7.08. The second kappa shape index (κ2) is 6.74. The summed E-state index contributed by atoms with van der Waals surface area (Å²) < 4.78 is 5.17. The Labute approximate surface area is 160 Å². The molecule has 0 unspecified atom stereocenters. The van der Waals surface area contributed by atoms with Crippen LogP contribution in [0.1, 0.15) is 55.8 Å². The number of fused-ring (bicyclic) bond motifs is 1. The molecule has 0 spiro atoms. The average molecular weight is 381 g/mol. The van der Waals surface area contributed by atoms with Crippen LogP contribution >= 0.6 is 0 Å². The third-order valence-corrected chi connectivity index (χ3v) is 5.27. The molecule has 7 heteroatoms. The van der Waals surface area contributed by atoms with Gasteiger partial charge in [-0.05, 0) is 50.3 Å². The zero-order chi connectivity index (χ0) is 20.0. The lowest BCUT2D eigenvalue weighted by molar-refractivity contribution is -0.120. The van der Waals surface area contributed by atoms with Gasteiger partial charge in [0.15, 0.2) is 5.78 Å². The fraction of sp³-hybridized carbons (Fsp3) is 0.333. The molecule has 0 radical (unpaired) electrons. The van der Waals surface area contributed by atoms with E-state index in [9.17, 15) is 24.3 Å². The van der Waals surface area contributed by atoms with E-state index in [4.69, 9.17) is 4.42 Å². The fourth-order valence-electron chi connectivity index (χ4n) is 3.89. The highest BCUT2D eigenvalue weighted by Gasteiger charge is 2.39. The maximum atomic E-state index is 12.7. The molecular formula is C21H19NO6. The molecule has 1 N–H and O–H groups in total. The lowest BCUT2D eigenvalue weighted by atomic mass is 9.93. The number of rotatable bonds is 4. The van der Waals surface area contributed by atoms with Crippen molar-refractivity contribution in [3.05, 3.63) is 45.3 Å². The summed E-state index contributed by atoms with van der Waals surface area (Å²) in [6.45, 7) is 1.79. The third-order valence-electron chi connectivity index (χ3n) is 5.27. The first kappa shape index (κ1) is 18.2. The summed E-state index contributed by atoms with van der Waals surface area (Å²) in [6, 6.07) is 4.31. The molecule has 2 heterocycles. The predicted octanol–water partition coefficient (Wildman–Crippen LogP) is 3.23. The van der Waals surface area contributed by atoms with E-state index in [-0.39, 0.29) is 34.9 Å². The summed E-state index contributed by atoms with van der Waals surface area (Å²) in [6.07, 6.45) is 3.53. The molecule has 1 aromatic carbocycles. The molecule has 0 saturated carbocycles. The van der Waals surface area contributed by atoms with Crippen molar-refractivity contribution in [2.75, 3.05) is 4.90 Å². The summed E-state index contributed by atoms with van der Waals surface area (Å²) in [4.78, 5) is 50.9. The molecule has 0 bridgehead atoms. The van der Waals surface area contributed by atoms with Crippen molar-refractivity contribution in [3.8, 4) is 5.75 Å². The molecule has 1 aliphatic heterocycles. The zero-order valence-corrected chi connectivity index (χ0v) is 15.4. The molecule has 2 amide bonds. The summed E-state index contributed by atoms with van der Waals surface area (Å²) in [5.41, 5.74) is 0.161. The average Bonchev–Trinajstić information content (AvgIpc) is 2.93. The number of hydrogen-bond acceptors (Lipinski definition) is 6. The quantitative estimate of drug-likeness (QED) is 0.495. The van der Waals surface area contributed by atoms with Crippen molar-refractivity contribution in [2.24, 2.45) is 0 Å². The minimum atomic E-state index is -0.901. The number of ketones is 1. The first-order valence-electron chi connectivity index (χ1n) is 9.37. The molecule has 0 atom stereocenters. The number of imide groups is 1. The molecule has 144 valence electrons. The van der Waals surface area contributed by atoms with E-state index >= 15 is 0 Å². The van der Waals surface area contributed by atoms with E-state index in [2.05, 4.69) is 0 Å². The first-order chi connectivity index (χ1) is 13.4. The predicted molar refractivity (Wildman–Crippen MR) is 101 cm³/mol. The van der Waals surface area contributed by atoms with Crippen molar-refractivity contribution < 1.29 is 23.9 Å². The van der Waals surface area contributed by atoms with Gasteiger partial charge in [-0.2, -0.15) is 0 Å². The van der Waals surface area contributed by atoms with Crippen LogP contribution in [0.25, 0.3) is 11.0 Å². The fourth-order valence-corrected chi connectivity index (χ4v) is 3.89. The number of carbonyl (C=O) groups excluding carboxylic acids is 3. The van der Waals surface area contributed by atoms with Crippen LogP contribution in [0.5, 0.6) is 5.75 Å². The Hall–Kier alpha value is -3.22. The molecule has 0 saturated heterocycles. The molecule has 7 nitrogen and oxygen atoms in total. The lowest BCUT2D eigenvalue weighted by Crippen LogP contribution is -2.31. The monoisotopic (exact) mass is 381 g/mol. The topological polar surface area (TPSA) is 105 Å². The standard InChI is InChI=1S/C21H19NO6/c1-2-5-15(23)17-18(24)14-10-11(8-9-16(14)28-21(17)27)22-19(25)12-6-3-4-7-13(12)20(22)26/h8-10,24H,2-7H2,1H3. The van der Waals surface area contributed by atoms with Crippen LogP contribution in [0.4, 0.5) is 5.69 Å². The van der Waals surface area contributed by atoms with E-state index in [0.29, 0.717) is 30.4 Å². The zero-order valence-electron chi connectivity index (χ0n) is 15.4. The van der Waals surface area contributed by atoms with Crippen LogP contribution in [0.3, 0.4) is 0 Å². The number of Topliss-reactive ketones (excluding diaryl/α,β-unsaturated/α-hetero) is 1. The van der Waals surface area contributed by atoms with Gasteiger partial charge in [0.2, 0.25) is 0 Å². The first-order valence-corrected chi connectivity index (χ1v) is 9.37. The molecule has 0 fully saturated rings.